The monoisotopic (exact) mass is 262 g/mol. The summed E-state index contributed by atoms with van der Waals surface area (Å²) in [6, 6.07) is 9.84. The number of benzene rings is 1. The van der Waals surface area contributed by atoms with Crippen molar-refractivity contribution in [2.75, 3.05) is 20.6 Å². The molecule has 0 saturated carbocycles. The van der Waals surface area contributed by atoms with E-state index in [0.717, 1.165) is 17.7 Å². The molecule has 0 spiro atoms. The van der Waals surface area contributed by atoms with Crippen molar-refractivity contribution < 1.29 is 14.7 Å². The summed E-state index contributed by atoms with van der Waals surface area (Å²) in [6.45, 7) is 0.416. The van der Waals surface area contributed by atoms with Gasteiger partial charge in [0.25, 0.3) is 0 Å². The van der Waals surface area contributed by atoms with E-state index in [9.17, 15) is 9.59 Å². The number of hydrogen-bond donors (Lipinski definition) is 2. The lowest BCUT2D eigenvalue weighted by atomic mass is 10.1. The number of carbonyl (C=O) groups is 2. The lowest BCUT2D eigenvalue weighted by molar-refractivity contribution is -0.131. The number of amides is 1. The second-order valence-corrected chi connectivity index (χ2v) is 4.31. The van der Waals surface area contributed by atoms with E-state index >= 15 is 0 Å². The van der Waals surface area contributed by atoms with Crippen molar-refractivity contribution in [3.8, 4) is 0 Å². The number of likely N-dealkylation sites (N-methyl/N-ethyl adjacent to an activating group) is 1. The van der Waals surface area contributed by atoms with Gasteiger partial charge in [-0.3, -0.25) is 4.79 Å². The zero-order valence-corrected chi connectivity index (χ0v) is 11.0. The molecule has 0 fully saturated rings. The Kier molecular flexibility index (Phi) is 5.75. The Morgan fingerprint density at radius 1 is 1.26 bits per heavy atom. The molecule has 0 radical (unpaired) electrons. The molecule has 1 atom stereocenters. The highest BCUT2D eigenvalue weighted by molar-refractivity contribution is 5.93. The summed E-state index contributed by atoms with van der Waals surface area (Å²) in [7, 11) is 3.85. The summed E-state index contributed by atoms with van der Waals surface area (Å²) in [5, 5.41) is 11.1. The van der Waals surface area contributed by atoms with Crippen LogP contribution in [0.25, 0.3) is 0 Å². The first-order valence-corrected chi connectivity index (χ1v) is 5.91. The van der Waals surface area contributed by atoms with E-state index in [1.54, 1.807) is 0 Å². The average molecular weight is 262 g/mol. The molecule has 1 aromatic rings. The molecule has 0 aliphatic rings. The number of rotatable bonds is 6. The van der Waals surface area contributed by atoms with Crippen molar-refractivity contribution in [2.45, 2.75) is 6.04 Å². The van der Waals surface area contributed by atoms with Crippen LogP contribution >= 0.6 is 0 Å². The van der Waals surface area contributed by atoms with Gasteiger partial charge in [0.2, 0.25) is 5.91 Å². The maximum Gasteiger partial charge on any atom is 0.328 e. The highest BCUT2D eigenvalue weighted by Crippen LogP contribution is 2.16. The first kappa shape index (κ1) is 14.9. The Morgan fingerprint density at radius 3 is 2.42 bits per heavy atom. The summed E-state index contributed by atoms with van der Waals surface area (Å²) in [5.41, 5.74) is 1.09. The Balaban J connectivity index is 2.61. The molecule has 5 heteroatoms. The van der Waals surface area contributed by atoms with Gasteiger partial charge in [0.1, 0.15) is 0 Å². The minimum Gasteiger partial charge on any atom is -0.478 e. The summed E-state index contributed by atoms with van der Waals surface area (Å²) in [5.74, 6) is -1.55. The van der Waals surface area contributed by atoms with Gasteiger partial charge in [-0.15, -0.1) is 0 Å². The molecule has 1 aromatic carbocycles. The number of carboxylic acid groups (broad SMARTS) is 1. The van der Waals surface area contributed by atoms with Crippen molar-refractivity contribution in [1.29, 1.82) is 0 Å². The number of carboxylic acids is 1. The van der Waals surface area contributed by atoms with Crippen LogP contribution in [0.5, 0.6) is 0 Å². The molecular weight excluding hydrogens is 244 g/mol. The fraction of sp³-hybridized carbons (Fsp3) is 0.286. The molecular formula is C14H18N2O3. The highest BCUT2D eigenvalue weighted by Gasteiger charge is 2.14. The topological polar surface area (TPSA) is 69.6 Å². The van der Waals surface area contributed by atoms with Crippen molar-refractivity contribution >= 4 is 11.9 Å². The molecule has 1 unspecified atom stereocenters. The molecule has 0 heterocycles. The normalized spacial score (nSPS) is 12.6. The standard InChI is InChI=1S/C14H18N2O3/c1-16(2)12(11-6-4-3-5-7-11)10-15-13(17)8-9-14(18)19/h3-9,12H,10H2,1-2H3,(H,15,17)(H,18,19)/b9-8+. The van der Waals surface area contributed by atoms with Gasteiger partial charge in [0.15, 0.2) is 0 Å². The summed E-state index contributed by atoms with van der Waals surface area (Å²) in [4.78, 5) is 23.7. The molecule has 19 heavy (non-hydrogen) atoms. The van der Waals surface area contributed by atoms with Crippen molar-refractivity contribution in [3.05, 3.63) is 48.0 Å². The number of nitrogens with one attached hydrogen (secondary N) is 1. The van der Waals surface area contributed by atoms with Gasteiger partial charge >= 0.3 is 5.97 Å². The van der Waals surface area contributed by atoms with E-state index in [-0.39, 0.29) is 6.04 Å². The second-order valence-electron chi connectivity index (χ2n) is 4.31. The van der Waals surface area contributed by atoms with E-state index in [1.165, 1.54) is 0 Å². The van der Waals surface area contributed by atoms with E-state index < -0.39 is 11.9 Å². The fourth-order valence-electron chi connectivity index (χ4n) is 1.68. The lowest BCUT2D eigenvalue weighted by Crippen LogP contribution is -2.33. The van der Waals surface area contributed by atoms with Gasteiger partial charge < -0.3 is 15.3 Å². The summed E-state index contributed by atoms with van der Waals surface area (Å²) >= 11 is 0. The zero-order chi connectivity index (χ0) is 14.3. The quantitative estimate of drug-likeness (QED) is 0.752. The van der Waals surface area contributed by atoms with Gasteiger partial charge in [-0.25, -0.2) is 4.79 Å². The van der Waals surface area contributed by atoms with Crippen LogP contribution in [0.1, 0.15) is 11.6 Å². The van der Waals surface area contributed by atoms with Crippen LogP contribution in [0.4, 0.5) is 0 Å². The first-order chi connectivity index (χ1) is 9.00. The Morgan fingerprint density at radius 2 is 1.89 bits per heavy atom. The second kappa shape index (κ2) is 7.33. The Bertz CT molecular complexity index is 455. The van der Waals surface area contributed by atoms with Crippen molar-refractivity contribution in [1.82, 2.24) is 10.2 Å². The largest absolute Gasteiger partial charge is 0.478 e. The SMILES string of the molecule is CN(C)C(CNC(=O)/C=C/C(=O)O)c1ccccc1. The number of aliphatic carboxylic acids is 1. The maximum absolute atomic E-state index is 11.4. The molecule has 0 aliphatic carbocycles. The third-order valence-electron chi connectivity index (χ3n) is 2.65. The van der Waals surface area contributed by atoms with Gasteiger partial charge in [0.05, 0.1) is 6.04 Å². The molecule has 0 bridgehead atoms. The van der Waals surface area contributed by atoms with Crippen LogP contribution in [0.3, 0.4) is 0 Å². The third-order valence-corrected chi connectivity index (χ3v) is 2.65. The number of hydrogen-bond acceptors (Lipinski definition) is 3. The molecule has 2 N–H and O–H groups in total. The fourth-order valence-corrected chi connectivity index (χ4v) is 1.68. The maximum atomic E-state index is 11.4. The van der Waals surface area contributed by atoms with Gasteiger partial charge in [-0.05, 0) is 19.7 Å². The summed E-state index contributed by atoms with van der Waals surface area (Å²) in [6.07, 6.45) is 1.84. The van der Waals surface area contributed by atoms with E-state index in [0.29, 0.717) is 6.54 Å². The Labute approximate surface area is 112 Å². The van der Waals surface area contributed by atoms with Crippen molar-refractivity contribution in [3.63, 3.8) is 0 Å². The average Bonchev–Trinajstić information content (AvgIpc) is 2.37. The summed E-state index contributed by atoms with van der Waals surface area (Å²) < 4.78 is 0. The first-order valence-electron chi connectivity index (χ1n) is 5.91. The molecule has 1 rings (SSSR count). The molecule has 1 amide bonds. The van der Waals surface area contributed by atoms with Crippen molar-refractivity contribution in [2.24, 2.45) is 0 Å². The molecule has 5 nitrogen and oxygen atoms in total. The predicted molar refractivity (Wildman–Crippen MR) is 72.7 cm³/mol. The van der Waals surface area contributed by atoms with E-state index in [4.69, 9.17) is 5.11 Å². The third kappa shape index (κ3) is 5.35. The highest BCUT2D eigenvalue weighted by atomic mass is 16.4. The van der Waals surface area contributed by atoms with E-state index in [1.807, 2.05) is 49.3 Å². The van der Waals surface area contributed by atoms with Gasteiger partial charge in [0, 0.05) is 18.7 Å². The van der Waals surface area contributed by atoms with Gasteiger partial charge in [-0.2, -0.15) is 0 Å². The molecule has 0 aromatic heterocycles. The smallest absolute Gasteiger partial charge is 0.328 e. The van der Waals surface area contributed by atoms with E-state index in [2.05, 4.69) is 5.32 Å². The molecule has 0 aliphatic heterocycles. The number of nitrogens with zero attached hydrogens (tertiary/aromatic N) is 1. The predicted octanol–water partition coefficient (Wildman–Crippen LogP) is 1.05. The van der Waals surface area contributed by atoms with Crippen LogP contribution in [0.2, 0.25) is 0 Å². The minimum absolute atomic E-state index is 0.0448. The zero-order valence-electron chi connectivity index (χ0n) is 11.0. The molecule has 102 valence electrons. The number of carbonyl (C=O) groups excluding carboxylic acids is 1. The van der Waals surface area contributed by atoms with Gasteiger partial charge in [-0.1, -0.05) is 30.3 Å². The van der Waals surface area contributed by atoms with Crippen LogP contribution in [-0.4, -0.2) is 42.5 Å². The van der Waals surface area contributed by atoms with Crippen LogP contribution < -0.4 is 5.32 Å². The van der Waals surface area contributed by atoms with Crippen LogP contribution in [-0.2, 0) is 9.59 Å². The Hall–Kier alpha value is -2.14. The molecule has 0 saturated heterocycles. The van der Waals surface area contributed by atoms with Crippen LogP contribution in [0, 0.1) is 0 Å². The lowest BCUT2D eigenvalue weighted by Gasteiger charge is -2.24. The van der Waals surface area contributed by atoms with Crippen LogP contribution in [0.15, 0.2) is 42.5 Å². The minimum atomic E-state index is -1.14.